The van der Waals surface area contributed by atoms with Gasteiger partial charge < -0.3 is 20.3 Å². The van der Waals surface area contributed by atoms with Gasteiger partial charge in [0, 0.05) is 0 Å². The van der Waals surface area contributed by atoms with Gasteiger partial charge in [-0.2, -0.15) is 0 Å². The first kappa shape index (κ1) is 44.1. The van der Waals surface area contributed by atoms with Gasteiger partial charge in [0.2, 0.25) is 0 Å². The number of hydrogen-bond acceptors (Lipinski definition) is 8. The van der Waals surface area contributed by atoms with E-state index in [0.29, 0.717) is 0 Å². The summed E-state index contributed by atoms with van der Waals surface area (Å²) in [5, 5.41) is 9.34. The molecule has 0 radical (unpaired) electrons. The fourth-order valence-electron chi connectivity index (χ4n) is 6.15. The number of piperidine rings is 2. The van der Waals surface area contributed by atoms with Crippen LogP contribution in [0.4, 0.5) is 0 Å². The number of nitrogens with zero attached hydrogens (tertiary/aromatic N) is 2. The maximum absolute atomic E-state index is 12.6. The molecular weight excluding hydrogens is 654 g/mol. The number of likely N-dealkylation sites (tertiary alicyclic amines) is 2. The molecule has 3 aromatic rings. The Morgan fingerprint density at radius 2 is 0.885 bits per heavy atom. The van der Waals surface area contributed by atoms with Gasteiger partial charge in [-0.25, -0.2) is 9.59 Å². The van der Waals surface area contributed by atoms with Crippen LogP contribution < -0.4 is 5.73 Å². The third-order valence-electron chi connectivity index (χ3n) is 8.43. The third kappa shape index (κ3) is 15.3. The molecule has 0 aromatic heterocycles. The van der Waals surface area contributed by atoms with E-state index in [-0.39, 0.29) is 19.4 Å². The van der Waals surface area contributed by atoms with E-state index < -0.39 is 35.2 Å². The van der Waals surface area contributed by atoms with Crippen molar-refractivity contribution in [3.63, 3.8) is 0 Å². The Kier molecular flexibility index (Phi) is 18.2. The maximum Gasteiger partial charge on any atom is 0.328 e. The van der Waals surface area contributed by atoms with E-state index >= 15 is 0 Å². The maximum atomic E-state index is 12.6. The van der Waals surface area contributed by atoms with Crippen LogP contribution >= 0.6 is 0 Å². The number of carboxylic acids is 1. The van der Waals surface area contributed by atoms with Crippen molar-refractivity contribution in [2.75, 3.05) is 26.2 Å². The van der Waals surface area contributed by atoms with E-state index in [1.807, 2.05) is 133 Å². The van der Waals surface area contributed by atoms with Crippen molar-refractivity contribution in [2.45, 2.75) is 117 Å². The molecule has 9 heteroatoms. The number of ether oxygens (including phenoxy) is 2. The average molecular weight is 718 g/mol. The molecule has 2 fully saturated rings. The predicted molar refractivity (Wildman–Crippen MR) is 209 cm³/mol. The summed E-state index contributed by atoms with van der Waals surface area (Å²) in [5.74, 6) is -1.27. The Hall–Kier alpha value is -4.05. The Morgan fingerprint density at radius 3 is 1.25 bits per heavy atom. The van der Waals surface area contributed by atoms with Gasteiger partial charge in [0.25, 0.3) is 0 Å². The summed E-state index contributed by atoms with van der Waals surface area (Å²) in [6, 6.07) is 27.2. The monoisotopic (exact) mass is 717 g/mol. The fraction of sp³-hybridized carbons (Fsp3) is 0.512. The van der Waals surface area contributed by atoms with E-state index in [4.69, 9.17) is 15.2 Å². The highest BCUT2D eigenvalue weighted by Crippen LogP contribution is 2.28. The Morgan fingerprint density at radius 1 is 0.558 bits per heavy atom. The van der Waals surface area contributed by atoms with E-state index in [1.165, 1.54) is 12.8 Å². The summed E-state index contributed by atoms with van der Waals surface area (Å²) >= 11 is 0. The van der Waals surface area contributed by atoms with Gasteiger partial charge in [0.15, 0.2) is 0 Å². The van der Waals surface area contributed by atoms with Crippen molar-refractivity contribution in [3.8, 4) is 0 Å². The summed E-state index contributed by atoms with van der Waals surface area (Å²) < 4.78 is 10.8. The minimum absolute atomic E-state index is 0. The van der Waals surface area contributed by atoms with Crippen LogP contribution in [0.2, 0.25) is 0 Å². The molecule has 2 aliphatic rings. The number of esters is 2. The van der Waals surface area contributed by atoms with E-state index in [0.717, 1.165) is 68.6 Å². The lowest BCUT2D eigenvalue weighted by molar-refractivity contribution is -0.162. The van der Waals surface area contributed by atoms with Crippen LogP contribution in [0.5, 0.6) is 0 Å². The Bertz CT molecular complexity index is 1460. The minimum atomic E-state index is -0.742. The lowest BCUT2D eigenvalue weighted by atomic mass is 10.0. The van der Waals surface area contributed by atoms with Crippen molar-refractivity contribution in [1.29, 1.82) is 0 Å². The normalized spacial score (nSPS) is 16.9. The number of carboxylic acid groups (broad SMARTS) is 1. The molecule has 0 spiro atoms. The van der Waals surface area contributed by atoms with Gasteiger partial charge in [-0.15, -0.1) is 0 Å². The highest BCUT2D eigenvalue weighted by molar-refractivity contribution is 5.78. The molecular formula is C43H63N3O6. The zero-order valence-electron chi connectivity index (χ0n) is 31.4. The molecule has 0 bridgehead atoms. The molecule has 52 heavy (non-hydrogen) atoms. The third-order valence-corrected chi connectivity index (χ3v) is 8.43. The van der Waals surface area contributed by atoms with Gasteiger partial charge in [-0.1, -0.05) is 111 Å². The molecule has 9 nitrogen and oxygen atoms in total. The van der Waals surface area contributed by atoms with Crippen LogP contribution in [0.25, 0.3) is 0 Å². The second-order valence-corrected chi connectivity index (χ2v) is 15.1. The number of nitrogens with two attached hydrogens (primary N) is 1. The van der Waals surface area contributed by atoms with Crippen molar-refractivity contribution in [1.82, 2.24) is 9.80 Å². The Balaban J connectivity index is 0.000000271. The van der Waals surface area contributed by atoms with Crippen molar-refractivity contribution >= 4 is 17.9 Å². The Labute approximate surface area is 312 Å². The first-order chi connectivity index (χ1) is 24.2. The quantitative estimate of drug-likeness (QED) is 0.221. The minimum Gasteiger partial charge on any atom is -0.480 e. The van der Waals surface area contributed by atoms with Crippen LogP contribution in [0.3, 0.4) is 0 Å². The zero-order chi connectivity index (χ0) is 37.4. The van der Waals surface area contributed by atoms with Gasteiger partial charge >= 0.3 is 17.9 Å². The van der Waals surface area contributed by atoms with Crippen LogP contribution in [-0.4, -0.2) is 70.2 Å². The molecule has 0 aliphatic carbocycles. The molecule has 2 aliphatic heterocycles. The molecule has 0 unspecified atom stereocenters. The van der Waals surface area contributed by atoms with Gasteiger partial charge in [0.05, 0.1) is 0 Å². The largest absolute Gasteiger partial charge is 0.480 e. The summed E-state index contributed by atoms with van der Waals surface area (Å²) in [7, 11) is 0. The van der Waals surface area contributed by atoms with Crippen LogP contribution in [-0.2, 0) is 23.9 Å². The topological polar surface area (TPSA) is 122 Å². The van der Waals surface area contributed by atoms with Gasteiger partial charge in [0.1, 0.15) is 29.3 Å². The lowest BCUT2D eigenvalue weighted by Gasteiger charge is -2.35. The summed E-state index contributed by atoms with van der Waals surface area (Å²) in [6.07, 6.45) is 7.01. The molecule has 286 valence electrons. The van der Waals surface area contributed by atoms with E-state index in [9.17, 15) is 19.5 Å². The molecule has 2 heterocycles. The molecule has 2 saturated heterocycles. The fourth-order valence-corrected chi connectivity index (χ4v) is 6.15. The molecule has 5 rings (SSSR count). The van der Waals surface area contributed by atoms with E-state index in [1.54, 1.807) is 0 Å². The molecule has 3 aromatic carbocycles. The second-order valence-electron chi connectivity index (χ2n) is 15.1. The summed E-state index contributed by atoms with van der Waals surface area (Å²) in [6.45, 7) is 15.0. The number of carbonyl (C=O) groups is 3. The lowest BCUT2D eigenvalue weighted by Crippen LogP contribution is -2.40. The number of aliphatic carboxylic acids is 1. The van der Waals surface area contributed by atoms with Gasteiger partial charge in [-0.05, 0) is 110 Å². The number of hydrogen-bond donors (Lipinski definition) is 2. The van der Waals surface area contributed by atoms with Crippen molar-refractivity contribution < 1.29 is 29.0 Å². The second kappa shape index (κ2) is 21.5. The standard InChI is InChI=1S/C17H25NO2.C13H17NO2.C12H17NO2.CH4/c1-17(2,3)20-16(19)15(14-10-6-4-7-11-14)18-12-8-5-9-13-18;15-13(16)12(11-7-3-1-4-8-11)14-9-5-2-6-10-14;1-12(2,3)15-11(14)10(13)9-7-5-4-6-8-9;/h4,6-7,10-11,15H,5,8-9,12-13H2,1-3H3;1,3-4,7-8,12H,2,5-6,9-10H2,(H,15,16);4-8,10H,13H2,1-3H3;1H4/t15-;12-;10-;/m111./s1. The van der Waals surface area contributed by atoms with E-state index in [2.05, 4.69) is 9.80 Å². The predicted octanol–water partition coefficient (Wildman–Crippen LogP) is 8.52. The molecule has 3 atom stereocenters. The van der Waals surface area contributed by atoms with Crippen LogP contribution in [0, 0.1) is 0 Å². The highest BCUT2D eigenvalue weighted by atomic mass is 16.6. The number of rotatable bonds is 8. The van der Waals surface area contributed by atoms with Crippen LogP contribution in [0.15, 0.2) is 91.0 Å². The first-order valence-corrected chi connectivity index (χ1v) is 18.2. The van der Waals surface area contributed by atoms with Gasteiger partial charge in [-0.3, -0.25) is 14.6 Å². The first-order valence-electron chi connectivity index (χ1n) is 18.2. The smallest absolute Gasteiger partial charge is 0.328 e. The van der Waals surface area contributed by atoms with Crippen molar-refractivity contribution in [3.05, 3.63) is 108 Å². The molecule has 3 N–H and O–H groups in total. The molecule has 0 saturated carbocycles. The molecule has 0 amide bonds. The highest BCUT2D eigenvalue weighted by Gasteiger charge is 2.32. The number of benzene rings is 3. The SMILES string of the molecule is C.CC(C)(C)OC(=O)[C@@H](c1ccccc1)N1CCCCC1.CC(C)(C)OC(=O)[C@H](N)c1ccccc1.O=C(O)[C@@H](c1ccccc1)N1CCCCC1. The van der Waals surface area contributed by atoms with Crippen molar-refractivity contribution in [2.24, 2.45) is 5.73 Å². The average Bonchev–Trinajstić information content (AvgIpc) is 3.09. The zero-order valence-corrected chi connectivity index (χ0v) is 31.4. The summed E-state index contributed by atoms with van der Waals surface area (Å²) in [5.41, 5.74) is 7.52. The summed E-state index contributed by atoms with van der Waals surface area (Å²) in [4.78, 5) is 39.9. The van der Waals surface area contributed by atoms with Crippen LogP contribution in [0.1, 0.15) is 122 Å². The number of carbonyl (C=O) groups excluding carboxylic acids is 2.